The van der Waals surface area contributed by atoms with Crippen LogP contribution in [0.3, 0.4) is 0 Å². The minimum Gasteiger partial charge on any atom is -0.396 e. The lowest BCUT2D eigenvalue weighted by Crippen LogP contribution is -2.32. The summed E-state index contributed by atoms with van der Waals surface area (Å²) >= 11 is 0. The number of aliphatic hydroxyl groups is 1. The Morgan fingerprint density at radius 3 is 2.71 bits per heavy atom. The van der Waals surface area contributed by atoms with Crippen LogP contribution >= 0.6 is 0 Å². The van der Waals surface area contributed by atoms with Crippen LogP contribution in [0.15, 0.2) is 24.4 Å². The van der Waals surface area contributed by atoms with E-state index in [1.165, 1.54) is 0 Å². The molecule has 6 heteroatoms. The van der Waals surface area contributed by atoms with Gasteiger partial charge < -0.3 is 10.8 Å². The zero-order valence-electron chi connectivity index (χ0n) is 12.8. The maximum atomic E-state index is 10.2. The molecule has 1 atom stereocenters. The monoisotopic (exact) mass is 289 g/mol. The van der Waals surface area contributed by atoms with Gasteiger partial charge in [0.05, 0.1) is 35.4 Å². The topological polar surface area (TPSA) is 80.2 Å². The third kappa shape index (κ3) is 4.03. The van der Waals surface area contributed by atoms with Gasteiger partial charge in [0.25, 0.3) is 0 Å². The van der Waals surface area contributed by atoms with Gasteiger partial charge in [-0.2, -0.15) is 5.10 Å². The van der Waals surface area contributed by atoms with Crippen LogP contribution in [0.4, 0.5) is 5.69 Å². The van der Waals surface area contributed by atoms with Gasteiger partial charge in [0.1, 0.15) is 0 Å². The number of aliphatic hydroxyl groups excluding tert-OH is 1. The summed E-state index contributed by atoms with van der Waals surface area (Å²) in [7, 11) is 1.97. The average molecular weight is 289 g/mol. The Morgan fingerprint density at radius 1 is 1.38 bits per heavy atom. The van der Waals surface area contributed by atoms with Crippen LogP contribution in [-0.2, 0) is 13.1 Å². The van der Waals surface area contributed by atoms with Crippen LogP contribution < -0.4 is 5.73 Å². The number of nitrogen functional groups attached to an aromatic ring is 1. The number of nitrogens with two attached hydrogens (primary N) is 1. The van der Waals surface area contributed by atoms with E-state index in [1.54, 1.807) is 10.9 Å². The molecule has 2 aromatic rings. The van der Waals surface area contributed by atoms with E-state index < -0.39 is 6.10 Å². The highest BCUT2D eigenvalue weighted by atomic mass is 16.3. The predicted molar refractivity (Wildman–Crippen MR) is 82.7 cm³/mol. The van der Waals surface area contributed by atoms with E-state index in [4.69, 9.17) is 5.73 Å². The number of pyridine rings is 1. The highest BCUT2D eigenvalue weighted by Gasteiger charge is 2.14. The molecule has 3 N–H and O–H groups in total. The first-order valence-electron chi connectivity index (χ1n) is 7.03. The summed E-state index contributed by atoms with van der Waals surface area (Å²) in [6.45, 7) is 5.49. The number of rotatable bonds is 6. The summed E-state index contributed by atoms with van der Waals surface area (Å²) in [5.41, 5.74) is 9.29. The van der Waals surface area contributed by atoms with Gasteiger partial charge >= 0.3 is 0 Å². The molecular formula is C15H23N5O. The van der Waals surface area contributed by atoms with E-state index in [-0.39, 0.29) is 0 Å². The van der Waals surface area contributed by atoms with E-state index in [9.17, 15) is 5.11 Å². The Bertz CT molecular complexity index is 581. The number of likely N-dealkylation sites (N-methyl/N-ethyl adjacent to an activating group) is 1. The Kier molecular flexibility index (Phi) is 4.93. The number of aryl methyl sites for hydroxylation is 1. The van der Waals surface area contributed by atoms with Gasteiger partial charge in [0.15, 0.2) is 0 Å². The van der Waals surface area contributed by atoms with Crippen molar-refractivity contribution in [1.82, 2.24) is 19.7 Å². The minimum absolute atomic E-state index is 0.441. The Labute approximate surface area is 125 Å². The Balaban J connectivity index is 1.89. The van der Waals surface area contributed by atoms with E-state index in [0.29, 0.717) is 25.3 Å². The zero-order chi connectivity index (χ0) is 15.4. The minimum atomic E-state index is -0.504. The second-order valence-corrected chi connectivity index (χ2v) is 5.44. The van der Waals surface area contributed by atoms with Crippen molar-refractivity contribution in [2.75, 3.05) is 19.3 Å². The van der Waals surface area contributed by atoms with Crippen molar-refractivity contribution in [3.8, 4) is 0 Å². The molecule has 0 aliphatic rings. The van der Waals surface area contributed by atoms with Crippen molar-refractivity contribution < 1.29 is 5.11 Å². The molecule has 0 aliphatic carbocycles. The number of hydrogen-bond acceptors (Lipinski definition) is 5. The fourth-order valence-electron chi connectivity index (χ4n) is 2.34. The van der Waals surface area contributed by atoms with Gasteiger partial charge in [0, 0.05) is 19.3 Å². The van der Waals surface area contributed by atoms with Gasteiger partial charge in [-0.05, 0) is 33.0 Å². The van der Waals surface area contributed by atoms with Crippen LogP contribution in [0, 0.1) is 13.8 Å². The maximum absolute atomic E-state index is 10.2. The summed E-state index contributed by atoms with van der Waals surface area (Å²) in [6.07, 6.45) is 1.27. The van der Waals surface area contributed by atoms with Crippen molar-refractivity contribution in [3.63, 3.8) is 0 Å². The van der Waals surface area contributed by atoms with Gasteiger partial charge in [-0.1, -0.05) is 6.07 Å². The van der Waals surface area contributed by atoms with Crippen LogP contribution in [0.2, 0.25) is 0 Å². The molecule has 0 aromatic carbocycles. The third-order valence-corrected chi connectivity index (χ3v) is 3.50. The average Bonchev–Trinajstić information content (AvgIpc) is 2.67. The van der Waals surface area contributed by atoms with E-state index in [0.717, 1.165) is 17.1 Å². The molecule has 21 heavy (non-hydrogen) atoms. The number of hydrogen-bond donors (Lipinski definition) is 2. The molecule has 0 bridgehead atoms. The fraction of sp³-hybridized carbons (Fsp3) is 0.467. The van der Waals surface area contributed by atoms with Crippen LogP contribution in [0.5, 0.6) is 0 Å². The van der Waals surface area contributed by atoms with Crippen molar-refractivity contribution >= 4 is 5.69 Å². The smallest absolute Gasteiger partial charge is 0.0862 e. The summed E-state index contributed by atoms with van der Waals surface area (Å²) < 4.78 is 1.77. The van der Waals surface area contributed by atoms with Gasteiger partial charge in [-0.3, -0.25) is 14.6 Å². The molecular weight excluding hydrogens is 266 g/mol. The Morgan fingerprint density at radius 2 is 2.14 bits per heavy atom. The lowest BCUT2D eigenvalue weighted by atomic mass is 10.3. The van der Waals surface area contributed by atoms with Gasteiger partial charge in [-0.25, -0.2) is 0 Å². The van der Waals surface area contributed by atoms with Gasteiger partial charge in [0.2, 0.25) is 0 Å². The van der Waals surface area contributed by atoms with Crippen LogP contribution in [-0.4, -0.2) is 44.5 Å². The zero-order valence-corrected chi connectivity index (χ0v) is 12.8. The highest BCUT2D eigenvalue weighted by Crippen LogP contribution is 2.15. The number of anilines is 1. The molecule has 0 saturated carbocycles. The predicted octanol–water partition coefficient (Wildman–Crippen LogP) is 0.970. The quantitative estimate of drug-likeness (QED) is 0.828. The van der Waals surface area contributed by atoms with E-state index in [1.807, 2.05) is 44.0 Å². The number of nitrogens with zero attached hydrogens (tertiary/aromatic N) is 4. The molecule has 6 nitrogen and oxygen atoms in total. The molecule has 0 aliphatic heterocycles. The SMILES string of the molecule is Cc1nn(CC(O)CN(C)Cc2ccccn2)c(C)c1N. The first kappa shape index (κ1) is 15.5. The highest BCUT2D eigenvalue weighted by molar-refractivity contribution is 5.46. The molecule has 0 radical (unpaired) electrons. The molecule has 2 aromatic heterocycles. The first-order chi connectivity index (χ1) is 9.97. The molecule has 0 amide bonds. The fourth-order valence-corrected chi connectivity index (χ4v) is 2.34. The van der Waals surface area contributed by atoms with Crippen molar-refractivity contribution in [2.45, 2.75) is 33.0 Å². The summed E-state index contributed by atoms with van der Waals surface area (Å²) in [5, 5.41) is 14.6. The van der Waals surface area contributed by atoms with Crippen molar-refractivity contribution in [1.29, 1.82) is 0 Å². The van der Waals surface area contributed by atoms with E-state index >= 15 is 0 Å². The van der Waals surface area contributed by atoms with Crippen LogP contribution in [0.25, 0.3) is 0 Å². The lowest BCUT2D eigenvalue weighted by Gasteiger charge is -2.20. The normalized spacial score (nSPS) is 12.8. The third-order valence-electron chi connectivity index (χ3n) is 3.50. The number of aromatic nitrogens is 3. The molecule has 0 spiro atoms. The van der Waals surface area contributed by atoms with Crippen LogP contribution in [0.1, 0.15) is 17.1 Å². The summed E-state index contributed by atoms with van der Waals surface area (Å²) in [4.78, 5) is 6.33. The lowest BCUT2D eigenvalue weighted by molar-refractivity contribution is 0.102. The largest absolute Gasteiger partial charge is 0.396 e. The Hall–Kier alpha value is -1.92. The summed E-state index contributed by atoms with van der Waals surface area (Å²) in [5.74, 6) is 0. The van der Waals surface area contributed by atoms with Gasteiger partial charge in [-0.15, -0.1) is 0 Å². The molecule has 0 fully saturated rings. The molecule has 1 unspecified atom stereocenters. The van der Waals surface area contributed by atoms with Crippen molar-refractivity contribution in [2.24, 2.45) is 0 Å². The molecule has 2 rings (SSSR count). The van der Waals surface area contributed by atoms with E-state index in [2.05, 4.69) is 10.1 Å². The second kappa shape index (κ2) is 6.69. The molecule has 2 heterocycles. The first-order valence-corrected chi connectivity index (χ1v) is 7.03. The second-order valence-electron chi connectivity index (χ2n) is 5.44. The molecule has 0 saturated heterocycles. The summed E-state index contributed by atoms with van der Waals surface area (Å²) in [6, 6.07) is 5.83. The molecule has 114 valence electrons. The maximum Gasteiger partial charge on any atom is 0.0862 e. The standard InChI is InChI=1S/C15H23N5O/c1-11-15(16)12(2)20(18-11)10-14(21)9-19(3)8-13-6-4-5-7-17-13/h4-7,14,21H,8-10,16H2,1-3H3. The van der Waals surface area contributed by atoms with Crippen molar-refractivity contribution in [3.05, 3.63) is 41.5 Å².